The second kappa shape index (κ2) is 5.30. The van der Waals surface area contributed by atoms with Crippen LogP contribution in [0.2, 0.25) is 0 Å². The lowest BCUT2D eigenvalue weighted by atomic mass is 10.4. The minimum Gasteiger partial charge on any atom is -0.354 e. The van der Waals surface area contributed by atoms with E-state index in [0.29, 0.717) is 25.7 Å². The number of hydrogen-bond acceptors (Lipinski definition) is 3. The van der Waals surface area contributed by atoms with Gasteiger partial charge in [0.25, 0.3) is 0 Å². The molecule has 0 radical (unpaired) electrons. The van der Waals surface area contributed by atoms with Crippen molar-refractivity contribution in [2.45, 2.75) is 31.7 Å². The van der Waals surface area contributed by atoms with Gasteiger partial charge in [-0.1, -0.05) is 0 Å². The van der Waals surface area contributed by atoms with E-state index in [1.165, 1.54) is 12.8 Å². The van der Waals surface area contributed by atoms with Crippen LogP contribution in [-0.2, 0) is 9.59 Å². The van der Waals surface area contributed by atoms with Gasteiger partial charge in [-0.25, -0.2) is 0 Å². The van der Waals surface area contributed by atoms with Crippen LogP contribution in [0, 0.1) is 5.92 Å². The minimum atomic E-state index is 0.00701. The molecular formula is C11H19N3O2. The molecule has 0 atom stereocenters. The lowest BCUT2D eigenvalue weighted by Crippen LogP contribution is -2.39. The maximum atomic E-state index is 11.3. The quantitative estimate of drug-likeness (QED) is 0.506. The molecule has 0 aliphatic heterocycles. The molecule has 2 rings (SSSR count). The summed E-state index contributed by atoms with van der Waals surface area (Å²) in [5.41, 5.74) is 0. The molecule has 0 heterocycles. The molecule has 2 aliphatic rings. The molecule has 2 saturated carbocycles. The first-order chi connectivity index (χ1) is 7.75. The van der Waals surface area contributed by atoms with Crippen LogP contribution in [0.5, 0.6) is 0 Å². The number of hydrogen-bond donors (Lipinski definition) is 3. The van der Waals surface area contributed by atoms with E-state index < -0.39 is 0 Å². The van der Waals surface area contributed by atoms with E-state index in [1.54, 1.807) is 0 Å². The van der Waals surface area contributed by atoms with E-state index >= 15 is 0 Å². The van der Waals surface area contributed by atoms with Gasteiger partial charge in [0.05, 0.1) is 6.54 Å². The zero-order valence-electron chi connectivity index (χ0n) is 9.42. The maximum absolute atomic E-state index is 11.3. The Morgan fingerprint density at radius 3 is 2.31 bits per heavy atom. The Bertz CT molecular complexity index is 272. The highest BCUT2D eigenvalue weighted by Gasteiger charge is 2.29. The molecule has 0 unspecified atom stereocenters. The van der Waals surface area contributed by atoms with Gasteiger partial charge < -0.3 is 16.0 Å². The van der Waals surface area contributed by atoms with Crippen LogP contribution >= 0.6 is 0 Å². The van der Waals surface area contributed by atoms with Gasteiger partial charge in [0.1, 0.15) is 0 Å². The molecule has 2 aliphatic carbocycles. The van der Waals surface area contributed by atoms with E-state index in [1.807, 2.05) is 0 Å². The Labute approximate surface area is 95.3 Å². The summed E-state index contributed by atoms with van der Waals surface area (Å²) in [7, 11) is 0. The topological polar surface area (TPSA) is 70.2 Å². The van der Waals surface area contributed by atoms with E-state index in [2.05, 4.69) is 16.0 Å². The van der Waals surface area contributed by atoms with E-state index in [9.17, 15) is 9.59 Å². The molecule has 90 valence electrons. The van der Waals surface area contributed by atoms with Crippen molar-refractivity contribution in [2.24, 2.45) is 5.92 Å². The minimum absolute atomic E-state index is 0.00701. The van der Waals surface area contributed by atoms with Crippen molar-refractivity contribution in [1.82, 2.24) is 16.0 Å². The third-order valence-corrected chi connectivity index (χ3v) is 2.82. The van der Waals surface area contributed by atoms with Crippen molar-refractivity contribution in [2.75, 3.05) is 19.6 Å². The lowest BCUT2D eigenvalue weighted by molar-refractivity contribution is -0.123. The first-order valence-electron chi connectivity index (χ1n) is 6.03. The highest BCUT2D eigenvalue weighted by molar-refractivity contribution is 5.81. The Balaban J connectivity index is 1.43. The highest BCUT2D eigenvalue weighted by atomic mass is 16.2. The maximum Gasteiger partial charge on any atom is 0.234 e. The predicted octanol–water partition coefficient (Wildman–Crippen LogP) is -0.619. The number of nitrogens with one attached hydrogen (secondary N) is 3. The summed E-state index contributed by atoms with van der Waals surface area (Å²) < 4.78 is 0. The normalized spacial score (nSPS) is 19.2. The van der Waals surface area contributed by atoms with Crippen molar-refractivity contribution in [3.63, 3.8) is 0 Å². The second-order valence-corrected chi connectivity index (χ2v) is 4.57. The average Bonchev–Trinajstić information content (AvgIpc) is 3.15. The molecule has 5 nitrogen and oxygen atoms in total. The average molecular weight is 225 g/mol. The summed E-state index contributed by atoms with van der Waals surface area (Å²) in [5, 5.41) is 8.70. The van der Waals surface area contributed by atoms with E-state index in [-0.39, 0.29) is 17.7 Å². The van der Waals surface area contributed by atoms with Gasteiger partial charge in [0, 0.05) is 25.0 Å². The molecule has 0 bridgehead atoms. The number of rotatable bonds is 7. The fourth-order valence-electron chi connectivity index (χ4n) is 1.46. The fraction of sp³-hybridized carbons (Fsp3) is 0.818. The Hall–Kier alpha value is -1.10. The predicted molar refractivity (Wildman–Crippen MR) is 59.8 cm³/mol. The van der Waals surface area contributed by atoms with Crippen LogP contribution in [0.1, 0.15) is 25.7 Å². The van der Waals surface area contributed by atoms with Crippen LogP contribution in [0.25, 0.3) is 0 Å². The first kappa shape index (κ1) is 11.4. The van der Waals surface area contributed by atoms with Gasteiger partial charge in [0.2, 0.25) is 11.8 Å². The van der Waals surface area contributed by atoms with Crippen molar-refractivity contribution in [3.8, 4) is 0 Å². The zero-order valence-corrected chi connectivity index (χ0v) is 9.42. The number of amides is 2. The van der Waals surface area contributed by atoms with Crippen LogP contribution in [0.15, 0.2) is 0 Å². The SMILES string of the molecule is O=C(CNC1CC1)NCCNC(=O)C1CC1. The monoisotopic (exact) mass is 225 g/mol. The lowest BCUT2D eigenvalue weighted by Gasteiger charge is -2.07. The van der Waals surface area contributed by atoms with E-state index in [0.717, 1.165) is 12.8 Å². The van der Waals surface area contributed by atoms with Crippen LogP contribution in [-0.4, -0.2) is 37.5 Å². The molecule has 5 heteroatoms. The summed E-state index contributed by atoms with van der Waals surface area (Å²) in [4.78, 5) is 22.5. The van der Waals surface area contributed by atoms with Gasteiger partial charge in [-0.2, -0.15) is 0 Å². The third kappa shape index (κ3) is 4.18. The Morgan fingerprint density at radius 1 is 1.00 bits per heavy atom. The Kier molecular flexibility index (Phi) is 3.77. The Morgan fingerprint density at radius 2 is 1.69 bits per heavy atom. The summed E-state index contributed by atoms with van der Waals surface area (Å²) >= 11 is 0. The van der Waals surface area contributed by atoms with Gasteiger partial charge in [-0.3, -0.25) is 9.59 Å². The summed E-state index contributed by atoms with van der Waals surface area (Å²) in [5.74, 6) is 0.380. The van der Waals surface area contributed by atoms with Gasteiger partial charge in [0.15, 0.2) is 0 Å². The van der Waals surface area contributed by atoms with Gasteiger partial charge >= 0.3 is 0 Å². The first-order valence-corrected chi connectivity index (χ1v) is 6.03. The molecule has 0 aromatic rings. The smallest absolute Gasteiger partial charge is 0.234 e. The largest absolute Gasteiger partial charge is 0.354 e. The molecule has 0 aromatic heterocycles. The molecule has 0 aromatic carbocycles. The summed E-state index contributed by atoms with van der Waals surface area (Å²) in [6, 6.07) is 0.556. The zero-order chi connectivity index (χ0) is 11.4. The van der Waals surface area contributed by atoms with Gasteiger partial charge in [-0.15, -0.1) is 0 Å². The van der Waals surface area contributed by atoms with Crippen LogP contribution in [0.4, 0.5) is 0 Å². The molecule has 0 saturated heterocycles. The van der Waals surface area contributed by atoms with Crippen molar-refractivity contribution < 1.29 is 9.59 Å². The number of carbonyl (C=O) groups is 2. The van der Waals surface area contributed by atoms with Crippen molar-refractivity contribution >= 4 is 11.8 Å². The molecular weight excluding hydrogens is 206 g/mol. The van der Waals surface area contributed by atoms with Crippen LogP contribution < -0.4 is 16.0 Å². The van der Waals surface area contributed by atoms with E-state index in [4.69, 9.17) is 0 Å². The fourth-order valence-corrected chi connectivity index (χ4v) is 1.46. The van der Waals surface area contributed by atoms with Crippen molar-refractivity contribution in [1.29, 1.82) is 0 Å². The van der Waals surface area contributed by atoms with Crippen molar-refractivity contribution in [3.05, 3.63) is 0 Å². The molecule has 2 amide bonds. The van der Waals surface area contributed by atoms with Gasteiger partial charge in [-0.05, 0) is 25.7 Å². The molecule has 3 N–H and O–H groups in total. The molecule has 0 spiro atoms. The standard InChI is InChI=1S/C11H19N3O2/c15-10(7-14-9-3-4-9)12-5-6-13-11(16)8-1-2-8/h8-9,14H,1-7H2,(H,12,15)(H,13,16). The summed E-state index contributed by atoms with van der Waals surface area (Å²) in [6.45, 7) is 1.44. The van der Waals surface area contributed by atoms with Crippen LogP contribution in [0.3, 0.4) is 0 Å². The molecule has 16 heavy (non-hydrogen) atoms. The second-order valence-electron chi connectivity index (χ2n) is 4.57. The highest BCUT2D eigenvalue weighted by Crippen LogP contribution is 2.28. The summed E-state index contributed by atoms with van der Waals surface area (Å²) in [6.07, 6.45) is 4.41. The third-order valence-electron chi connectivity index (χ3n) is 2.82. The number of carbonyl (C=O) groups excluding carboxylic acids is 2. The molecule has 2 fully saturated rings.